The maximum Gasteiger partial charge on any atom is 0.238 e. The zero-order valence-electron chi connectivity index (χ0n) is 34.5. The van der Waals surface area contributed by atoms with Gasteiger partial charge in [0, 0.05) is 49.2 Å². The lowest BCUT2D eigenvalue weighted by atomic mass is 9.94. The van der Waals surface area contributed by atoms with Crippen LogP contribution in [0.1, 0.15) is 0 Å². The van der Waals surface area contributed by atoms with Crippen LogP contribution >= 0.6 is 0 Å². The number of hydrogen-bond acceptors (Lipinski definition) is 4. The first-order valence-electron chi connectivity index (χ1n) is 21.6. The van der Waals surface area contributed by atoms with Gasteiger partial charge >= 0.3 is 0 Å². The molecule has 298 valence electrons. The van der Waals surface area contributed by atoms with Crippen LogP contribution in [0.15, 0.2) is 223 Å². The SMILES string of the molecule is c1ccc(-c2nc(-c3ccccc3)nc(-n3c4c(-c5cccc(-c6cccc(-c7cccc8c7oc7ccccc78)c6)c5)cccc4c4c5ccccc5c5ccccc5c43)n2)cc1. The largest absolute Gasteiger partial charge is 0.455 e. The fourth-order valence-corrected chi connectivity index (χ4v) is 9.76. The van der Waals surface area contributed by atoms with Gasteiger partial charge in [-0.1, -0.05) is 200 Å². The van der Waals surface area contributed by atoms with Crippen molar-refractivity contribution in [1.29, 1.82) is 0 Å². The van der Waals surface area contributed by atoms with E-state index in [9.17, 15) is 0 Å². The Morgan fingerprint density at radius 3 is 1.45 bits per heavy atom. The Morgan fingerprint density at radius 2 is 0.781 bits per heavy atom. The number of fused-ring (bicyclic) bond motifs is 11. The molecule has 3 aromatic heterocycles. The van der Waals surface area contributed by atoms with E-state index in [0.29, 0.717) is 17.6 Å². The van der Waals surface area contributed by atoms with Gasteiger partial charge in [-0.25, -0.2) is 4.98 Å². The van der Waals surface area contributed by atoms with Gasteiger partial charge in [0.1, 0.15) is 11.2 Å². The van der Waals surface area contributed by atoms with Crippen LogP contribution in [-0.2, 0) is 0 Å². The Morgan fingerprint density at radius 1 is 0.312 bits per heavy atom. The predicted octanol–water partition coefficient (Wildman–Crippen LogP) is 15.5. The summed E-state index contributed by atoms with van der Waals surface area (Å²) >= 11 is 0. The van der Waals surface area contributed by atoms with Crippen LogP contribution in [-0.4, -0.2) is 19.5 Å². The van der Waals surface area contributed by atoms with Crippen LogP contribution in [0.3, 0.4) is 0 Å². The summed E-state index contributed by atoms with van der Waals surface area (Å²) in [5, 5.41) is 9.24. The minimum atomic E-state index is 0.559. The van der Waals surface area contributed by atoms with Crippen LogP contribution in [0.2, 0.25) is 0 Å². The summed E-state index contributed by atoms with van der Waals surface area (Å²) in [4.78, 5) is 15.8. The highest BCUT2D eigenvalue weighted by atomic mass is 16.3. The van der Waals surface area contributed by atoms with Crippen molar-refractivity contribution in [2.45, 2.75) is 0 Å². The molecule has 0 spiro atoms. The van der Waals surface area contributed by atoms with Crippen LogP contribution < -0.4 is 0 Å². The molecule has 13 aromatic rings. The Balaban J connectivity index is 1.07. The first kappa shape index (κ1) is 36.0. The van der Waals surface area contributed by atoms with E-state index in [0.717, 1.165) is 93.6 Å². The van der Waals surface area contributed by atoms with Gasteiger partial charge in [-0.05, 0) is 56.6 Å². The van der Waals surface area contributed by atoms with E-state index in [1.165, 1.54) is 16.2 Å². The summed E-state index contributed by atoms with van der Waals surface area (Å²) in [6.45, 7) is 0. The van der Waals surface area contributed by atoms with Crippen molar-refractivity contribution in [2.75, 3.05) is 0 Å². The van der Waals surface area contributed by atoms with Gasteiger partial charge in [0.2, 0.25) is 5.95 Å². The van der Waals surface area contributed by atoms with E-state index < -0.39 is 0 Å². The lowest BCUT2D eigenvalue weighted by Crippen LogP contribution is -2.07. The van der Waals surface area contributed by atoms with Crippen molar-refractivity contribution in [3.63, 3.8) is 0 Å². The zero-order valence-corrected chi connectivity index (χ0v) is 34.5. The number of nitrogens with zero attached hydrogens (tertiary/aromatic N) is 4. The average molecular weight is 817 g/mol. The Kier molecular flexibility index (Phi) is 8.15. The van der Waals surface area contributed by atoms with Crippen molar-refractivity contribution in [2.24, 2.45) is 0 Å². The van der Waals surface area contributed by atoms with Crippen molar-refractivity contribution in [3.8, 4) is 62.1 Å². The quantitative estimate of drug-likeness (QED) is 0.157. The van der Waals surface area contributed by atoms with Crippen molar-refractivity contribution in [3.05, 3.63) is 218 Å². The molecule has 0 N–H and O–H groups in total. The summed E-state index contributed by atoms with van der Waals surface area (Å²) in [5.41, 5.74) is 12.3. The highest BCUT2D eigenvalue weighted by Crippen LogP contribution is 2.45. The van der Waals surface area contributed by atoms with E-state index in [1.807, 2.05) is 48.5 Å². The molecule has 5 heteroatoms. The molecule has 0 saturated heterocycles. The van der Waals surface area contributed by atoms with Crippen molar-refractivity contribution < 1.29 is 4.42 Å². The molecular weight excluding hydrogens is 781 g/mol. The van der Waals surface area contributed by atoms with E-state index in [1.54, 1.807) is 0 Å². The fraction of sp³-hybridized carbons (Fsp3) is 0. The normalized spacial score (nSPS) is 11.8. The Hall–Kier alpha value is -8.67. The number of aromatic nitrogens is 4. The molecule has 0 aliphatic carbocycles. The molecule has 10 aromatic carbocycles. The lowest BCUT2D eigenvalue weighted by Gasteiger charge is -2.15. The molecule has 0 aliphatic heterocycles. The number of furan rings is 1. The lowest BCUT2D eigenvalue weighted by molar-refractivity contribution is 0.670. The monoisotopic (exact) mass is 816 g/mol. The molecule has 13 rings (SSSR count). The molecule has 5 nitrogen and oxygen atoms in total. The topological polar surface area (TPSA) is 56.7 Å². The summed E-state index contributed by atoms with van der Waals surface area (Å²) in [6, 6.07) is 76.9. The second kappa shape index (κ2) is 14.5. The molecule has 0 unspecified atom stereocenters. The van der Waals surface area contributed by atoms with Gasteiger partial charge in [0.15, 0.2) is 11.6 Å². The van der Waals surface area contributed by atoms with Crippen LogP contribution in [0, 0.1) is 0 Å². The zero-order chi connectivity index (χ0) is 42.1. The van der Waals surface area contributed by atoms with Crippen LogP contribution in [0.5, 0.6) is 0 Å². The van der Waals surface area contributed by atoms with Crippen molar-refractivity contribution >= 4 is 65.3 Å². The third-order valence-electron chi connectivity index (χ3n) is 12.6. The number of hydrogen-bond donors (Lipinski definition) is 0. The Bertz CT molecular complexity index is 3900. The molecule has 64 heavy (non-hydrogen) atoms. The minimum Gasteiger partial charge on any atom is -0.455 e. The second-order valence-corrected chi connectivity index (χ2v) is 16.3. The van der Waals surface area contributed by atoms with Gasteiger partial charge in [-0.3, -0.25) is 4.57 Å². The number of rotatable bonds is 6. The predicted molar refractivity (Wildman–Crippen MR) is 264 cm³/mol. The molecule has 0 radical (unpaired) electrons. The molecular formula is C59H36N4O. The second-order valence-electron chi connectivity index (χ2n) is 16.3. The number of para-hydroxylation sites is 3. The molecule has 3 heterocycles. The first-order valence-corrected chi connectivity index (χ1v) is 21.6. The maximum absolute atomic E-state index is 6.48. The van der Waals surface area contributed by atoms with Gasteiger partial charge < -0.3 is 4.42 Å². The summed E-state index contributed by atoms with van der Waals surface area (Å²) in [7, 11) is 0. The highest BCUT2D eigenvalue weighted by Gasteiger charge is 2.24. The Labute approximate surface area is 368 Å². The van der Waals surface area contributed by atoms with E-state index in [-0.39, 0.29) is 0 Å². The summed E-state index contributed by atoms with van der Waals surface area (Å²) < 4.78 is 8.78. The summed E-state index contributed by atoms with van der Waals surface area (Å²) in [5.74, 6) is 1.79. The third kappa shape index (κ3) is 5.68. The van der Waals surface area contributed by atoms with E-state index in [2.05, 4.69) is 174 Å². The van der Waals surface area contributed by atoms with E-state index >= 15 is 0 Å². The highest BCUT2D eigenvalue weighted by molar-refractivity contribution is 6.33. The van der Waals surface area contributed by atoms with Gasteiger partial charge in [-0.15, -0.1) is 0 Å². The molecule has 0 saturated carbocycles. The van der Waals surface area contributed by atoms with Crippen molar-refractivity contribution in [1.82, 2.24) is 19.5 Å². The smallest absolute Gasteiger partial charge is 0.238 e. The van der Waals surface area contributed by atoms with Gasteiger partial charge in [0.25, 0.3) is 0 Å². The summed E-state index contributed by atoms with van der Waals surface area (Å²) in [6.07, 6.45) is 0. The molecule has 0 fully saturated rings. The number of benzene rings is 10. The van der Waals surface area contributed by atoms with Crippen LogP contribution in [0.25, 0.3) is 127 Å². The molecule has 0 amide bonds. The first-order chi connectivity index (χ1) is 31.7. The molecule has 0 bridgehead atoms. The van der Waals surface area contributed by atoms with Crippen LogP contribution in [0.4, 0.5) is 0 Å². The molecule has 0 aliphatic rings. The van der Waals surface area contributed by atoms with Gasteiger partial charge in [0.05, 0.1) is 11.0 Å². The fourth-order valence-electron chi connectivity index (χ4n) is 9.76. The minimum absolute atomic E-state index is 0.559. The maximum atomic E-state index is 6.48. The standard InChI is InChI=1S/C59H36N4O/c1-3-17-37(18-4-1)57-60-58(38-19-5-2-6-20-38)62-59(61-57)63-54-43(30-15-33-51(54)53-48-28-9-7-25-45(48)46-26-8-10-29-49(46)55(53)63)41-23-13-21-39(35-41)40-22-14-24-42(36-40)44-31-16-32-50-47-27-11-12-34-52(47)64-56(44)50/h1-36H. The third-order valence-corrected chi connectivity index (χ3v) is 12.6. The van der Waals surface area contributed by atoms with E-state index in [4.69, 9.17) is 19.4 Å². The average Bonchev–Trinajstić information content (AvgIpc) is 3.94. The van der Waals surface area contributed by atoms with Gasteiger partial charge in [-0.2, -0.15) is 9.97 Å². The molecule has 0 atom stereocenters.